The SMILES string of the molecule is CCCCN(CCCC(C)(C)C#N)CC(N)=O. The quantitative estimate of drug-likeness (QED) is 0.668. The predicted octanol–water partition coefficient (Wildman–Crippen LogP) is 1.90. The normalized spacial score (nSPS) is 11.5. The summed E-state index contributed by atoms with van der Waals surface area (Å²) < 4.78 is 0. The lowest BCUT2D eigenvalue weighted by Gasteiger charge is -2.22. The molecule has 0 unspecified atom stereocenters. The van der Waals surface area contributed by atoms with Gasteiger partial charge in [-0.15, -0.1) is 0 Å². The zero-order valence-electron chi connectivity index (χ0n) is 11.3. The number of amides is 1. The highest BCUT2D eigenvalue weighted by Crippen LogP contribution is 2.20. The van der Waals surface area contributed by atoms with Crippen LogP contribution in [-0.4, -0.2) is 30.4 Å². The summed E-state index contributed by atoms with van der Waals surface area (Å²) >= 11 is 0. The van der Waals surface area contributed by atoms with E-state index in [4.69, 9.17) is 11.0 Å². The highest BCUT2D eigenvalue weighted by Gasteiger charge is 2.17. The molecule has 0 aromatic heterocycles. The first-order valence-corrected chi connectivity index (χ1v) is 6.33. The van der Waals surface area contributed by atoms with Crippen molar-refractivity contribution in [3.8, 4) is 6.07 Å². The number of nitrogens with zero attached hydrogens (tertiary/aromatic N) is 2. The molecule has 0 aliphatic carbocycles. The lowest BCUT2D eigenvalue weighted by molar-refractivity contribution is -0.119. The molecule has 1 amide bonds. The van der Waals surface area contributed by atoms with Gasteiger partial charge in [0.2, 0.25) is 5.91 Å². The Hall–Kier alpha value is -1.08. The average Bonchev–Trinajstić information content (AvgIpc) is 2.24. The number of unbranched alkanes of at least 4 members (excludes halogenated alkanes) is 1. The van der Waals surface area contributed by atoms with Crippen molar-refractivity contribution < 1.29 is 4.79 Å². The third-order valence-electron chi connectivity index (χ3n) is 2.79. The Morgan fingerprint density at radius 2 is 1.94 bits per heavy atom. The molecular formula is C13H25N3O. The molecule has 2 N–H and O–H groups in total. The molecule has 4 nitrogen and oxygen atoms in total. The van der Waals surface area contributed by atoms with E-state index >= 15 is 0 Å². The van der Waals surface area contributed by atoms with Gasteiger partial charge in [0, 0.05) is 0 Å². The van der Waals surface area contributed by atoms with Crippen LogP contribution in [0.15, 0.2) is 0 Å². The van der Waals surface area contributed by atoms with Crippen molar-refractivity contribution in [2.75, 3.05) is 19.6 Å². The smallest absolute Gasteiger partial charge is 0.231 e. The molecule has 0 aliphatic heterocycles. The topological polar surface area (TPSA) is 70.1 Å². The largest absolute Gasteiger partial charge is 0.369 e. The van der Waals surface area contributed by atoms with E-state index in [1.54, 1.807) is 0 Å². The molecule has 0 fully saturated rings. The zero-order valence-corrected chi connectivity index (χ0v) is 11.3. The van der Waals surface area contributed by atoms with Crippen molar-refractivity contribution in [3.63, 3.8) is 0 Å². The van der Waals surface area contributed by atoms with Crippen LogP contribution in [0.1, 0.15) is 46.5 Å². The van der Waals surface area contributed by atoms with E-state index in [1.807, 2.05) is 13.8 Å². The number of carbonyl (C=O) groups excluding carboxylic acids is 1. The lowest BCUT2D eigenvalue weighted by atomic mass is 9.90. The maximum atomic E-state index is 10.9. The standard InChI is InChI=1S/C13H25N3O/c1-4-5-8-16(10-12(15)17)9-6-7-13(2,3)11-14/h4-10H2,1-3H3,(H2,15,17). The summed E-state index contributed by atoms with van der Waals surface area (Å²) in [6.07, 6.45) is 3.97. The van der Waals surface area contributed by atoms with Crippen molar-refractivity contribution in [2.45, 2.75) is 46.5 Å². The fraction of sp³-hybridized carbons (Fsp3) is 0.846. The number of carbonyl (C=O) groups is 1. The van der Waals surface area contributed by atoms with Crippen molar-refractivity contribution in [1.29, 1.82) is 5.26 Å². The fourth-order valence-electron chi connectivity index (χ4n) is 1.67. The number of hydrogen-bond donors (Lipinski definition) is 1. The average molecular weight is 239 g/mol. The molecule has 0 heterocycles. The summed E-state index contributed by atoms with van der Waals surface area (Å²) in [5.41, 5.74) is 4.94. The van der Waals surface area contributed by atoms with Gasteiger partial charge in [-0.2, -0.15) is 5.26 Å². The minimum atomic E-state index is -0.277. The molecule has 0 saturated heterocycles. The summed E-state index contributed by atoms with van der Waals surface area (Å²) in [4.78, 5) is 13.0. The molecule has 4 heteroatoms. The van der Waals surface area contributed by atoms with Gasteiger partial charge in [-0.3, -0.25) is 9.69 Å². The van der Waals surface area contributed by atoms with Crippen LogP contribution in [-0.2, 0) is 4.79 Å². The molecule has 0 spiro atoms. The van der Waals surface area contributed by atoms with Gasteiger partial charge < -0.3 is 5.73 Å². The van der Waals surface area contributed by atoms with Gasteiger partial charge in [0.25, 0.3) is 0 Å². The minimum Gasteiger partial charge on any atom is -0.369 e. The Kier molecular flexibility index (Phi) is 7.56. The Morgan fingerprint density at radius 1 is 1.35 bits per heavy atom. The van der Waals surface area contributed by atoms with Crippen LogP contribution in [0.5, 0.6) is 0 Å². The van der Waals surface area contributed by atoms with Crippen LogP contribution >= 0.6 is 0 Å². The van der Waals surface area contributed by atoms with Gasteiger partial charge in [-0.1, -0.05) is 13.3 Å². The van der Waals surface area contributed by atoms with Gasteiger partial charge in [0.1, 0.15) is 0 Å². The molecule has 17 heavy (non-hydrogen) atoms. The van der Waals surface area contributed by atoms with Gasteiger partial charge >= 0.3 is 0 Å². The maximum absolute atomic E-state index is 10.9. The van der Waals surface area contributed by atoms with E-state index in [9.17, 15) is 4.79 Å². The monoisotopic (exact) mass is 239 g/mol. The number of primary amides is 1. The molecule has 0 rings (SSSR count). The minimum absolute atomic E-state index is 0.275. The van der Waals surface area contributed by atoms with Crippen LogP contribution in [0.2, 0.25) is 0 Å². The molecular weight excluding hydrogens is 214 g/mol. The lowest BCUT2D eigenvalue weighted by Crippen LogP contribution is -2.35. The summed E-state index contributed by atoms with van der Waals surface area (Å²) in [6, 6.07) is 2.29. The van der Waals surface area contributed by atoms with Crippen molar-refractivity contribution in [1.82, 2.24) is 4.90 Å². The third-order valence-corrected chi connectivity index (χ3v) is 2.79. The number of rotatable bonds is 9. The maximum Gasteiger partial charge on any atom is 0.231 e. The van der Waals surface area contributed by atoms with Crippen LogP contribution < -0.4 is 5.73 Å². The summed E-state index contributed by atoms with van der Waals surface area (Å²) in [6.45, 7) is 8.09. The third kappa shape index (κ3) is 8.70. The molecule has 0 atom stereocenters. The molecule has 0 aromatic carbocycles. The molecule has 0 aromatic rings. The highest BCUT2D eigenvalue weighted by molar-refractivity contribution is 5.75. The van der Waals surface area contributed by atoms with E-state index in [0.29, 0.717) is 6.54 Å². The first-order valence-electron chi connectivity index (χ1n) is 6.33. The van der Waals surface area contributed by atoms with Gasteiger partial charge in [-0.25, -0.2) is 0 Å². The first kappa shape index (κ1) is 15.9. The second kappa shape index (κ2) is 8.08. The van der Waals surface area contributed by atoms with Gasteiger partial charge in [-0.05, 0) is 46.2 Å². The number of nitriles is 1. The van der Waals surface area contributed by atoms with Crippen molar-refractivity contribution in [2.24, 2.45) is 11.1 Å². The van der Waals surface area contributed by atoms with Gasteiger partial charge in [0.15, 0.2) is 0 Å². The zero-order chi connectivity index (χ0) is 13.3. The molecule has 0 radical (unpaired) electrons. The fourth-order valence-corrected chi connectivity index (χ4v) is 1.67. The predicted molar refractivity (Wildman–Crippen MR) is 69.2 cm³/mol. The summed E-state index contributed by atoms with van der Waals surface area (Å²) in [5.74, 6) is -0.277. The Morgan fingerprint density at radius 3 is 2.41 bits per heavy atom. The van der Waals surface area contributed by atoms with Crippen LogP contribution in [0.4, 0.5) is 0 Å². The van der Waals surface area contributed by atoms with Crippen molar-refractivity contribution >= 4 is 5.91 Å². The summed E-state index contributed by atoms with van der Waals surface area (Å²) in [7, 11) is 0. The van der Waals surface area contributed by atoms with Gasteiger partial charge in [0.05, 0.1) is 18.0 Å². The van der Waals surface area contributed by atoms with E-state index in [2.05, 4.69) is 17.9 Å². The first-order chi connectivity index (χ1) is 7.91. The molecule has 0 saturated carbocycles. The van der Waals surface area contributed by atoms with Crippen LogP contribution in [0.3, 0.4) is 0 Å². The van der Waals surface area contributed by atoms with Crippen LogP contribution in [0.25, 0.3) is 0 Å². The Bertz CT molecular complexity index is 268. The summed E-state index contributed by atoms with van der Waals surface area (Å²) in [5, 5.41) is 8.91. The van der Waals surface area contributed by atoms with E-state index in [-0.39, 0.29) is 11.3 Å². The number of nitrogens with two attached hydrogens (primary N) is 1. The second-order valence-electron chi connectivity index (χ2n) is 5.20. The molecule has 0 aliphatic rings. The van der Waals surface area contributed by atoms with Crippen LogP contribution in [0, 0.1) is 16.7 Å². The molecule has 0 bridgehead atoms. The highest BCUT2D eigenvalue weighted by atomic mass is 16.1. The molecule has 98 valence electrons. The Balaban J connectivity index is 3.99. The van der Waals surface area contributed by atoms with Crippen molar-refractivity contribution in [3.05, 3.63) is 0 Å². The van der Waals surface area contributed by atoms with E-state index in [1.165, 1.54) is 0 Å². The van der Waals surface area contributed by atoms with E-state index < -0.39 is 0 Å². The van der Waals surface area contributed by atoms with E-state index in [0.717, 1.165) is 38.8 Å². The Labute approximate surface area is 105 Å². The number of hydrogen-bond acceptors (Lipinski definition) is 3. The second-order valence-corrected chi connectivity index (χ2v) is 5.20.